The number of hydrogen-bond acceptors (Lipinski definition) is 6. The van der Waals surface area contributed by atoms with Crippen molar-refractivity contribution in [3.05, 3.63) is 22.1 Å². The van der Waals surface area contributed by atoms with Gasteiger partial charge in [0, 0.05) is 0 Å². The average Bonchev–Trinajstić information content (AvgIpc) is 2.41. The van der Waals surface area contributed by atoms with Gasteiger partial charge in [0.05, 0.1) is 0 Å². The van der Waals surface area contributed by atoms with E-state index in [0.717, 1.165) is 0 Å². The molecule has 0 fully saturated rings. The van der Waals surface area contributed by atoms with E-state index in [2.05, 4.69) is 13.6 Å². The van der Waals surface area contributed by atoms with Crippen LogP contribution in [0.2, 0.25) is 0 Å². The molecule has 1 aromatic rings. The maximum Gasteiger partial charge on any atom is 0.519 e. The number of esters is 1. The first-order chi connectivity index (χ1) is 6.13. The Kier molecular flexibility index (Phi) is 2.86. The lowest BCUT2D eigenvalue weighted by Crippen LogP contribution is -2.08. The largest absolute Gasteiger partial charge is 0.519 e. The van der Waals surface area contributed by atoms with Crippen LogP contribution in [-0.2, 0) is 16.1 Å². The third kappa shape index (κ3) is 2.45. The van der Waals surface area contributed by atoms with Gasteiger partial charge in [0.25, 0.3) is 0 Å². The minimum Gasteiger partial charge on any atom is -0.456 e. The summed E-state index contributed by atoms with van der Waals surface area (Å²) in [7, 11) is 0. The van der Waals surface area contributed by atoms with Gasteiger partial charge in [-0.25, -0.2) is 9.59 Å². The highest BCUT2D eigenvalue weighted by Crippen LogP contribution is 2.05. The summed E-state index contributed by atoms with van der Waals surface area (Å²) in [5.41, 5.74) is 0. The van der Waals surface area contributed by atoms with Gasteiger partial charge in [-0.3, -0.25) is 0 Å². The standard InChI is InChI=1S/C7H8O6/c1-4-5(13-7(10)12-4)3-11-6(9)2-8/h8H,2-3H2,1H3. The smallest absolute Gasteiger partial charge is 0.456 e. The van der Waals surface area contributed by atoms with Crippen molar-refractivity contribution >= 4 is 5.97 Å². The Bertz CT molecular complexity index is 346. The highest BCUT2D eigenvalue weighted by molar-refractivity contribution is 5.70. The maximum absolute atomic E-state index is 10.5. The predicted molar refractivity (Wildman–Crippen MR) is 38.9 cm³/mol. The third-order valence-corrected chi connectivity index (χ3v) is 1.33. The van der Waals surface area contributed by atoms with E-state index in [-0.39, 0.29) is 18.1 Å². The van der Waals surface area contributed by atoms with Crippen LogP contribution < -0.4 is 5.82 Å². The fraction of sp³-hybridized carbons (Fsp3) is 0.429. The van der Waals surface area contributed by atoms with E-state index in [4.69, 9.17) is 5.11 Å². The molecule has 0 unspecified atom stereocenters. The quantitative estimate of drug-likeness (QED) is 0.647. The number of rotatable bonds is 3. The number of carbonyl (C=O) groups is 1. The van der Waals surface area contributed by atoms with Gasteiger partial charge in [0.1, 0.15) is 6.61 Å². The second-order valence-corrected chi connectivity index (χ2v) is 2.25. The molecule has 1 N–H and O–H groups in total. The van der Waals surface area contributed by atoms with Gasteiger partial charge in [-0.1, -0.05) is 0 Å². The van der Waals surface area contributed by atoms with Crippen LogP contribution in [0.4, 0.5) is 0 Å². The summed E-state index contributed by atoms with van der Waals surface area (Å²) in [5, 5.41) is 8.30. The van der Waals surface area contributed by atoms with Crippen molar-refractivity contribution in [1.82, 2.24) is 0 Å². The molecule has 0 aliphatic carbocycles. The van der Waals surface area contributed by atoms with Gasteiger partial charge < -0.3 is 18.7 Å². The van der Waals surface area contributed by atoms with Crippen molar-refractivity contribution in [3.8, 4) is 0 Å². The number of ether oxygens (including phenoxy) is 1. The number of aliphatic hydroxyl groups excluding tert-OH is 1. The zero-order chi connectivity index (χ0) is 9.84. The van der Waals surface area contributed by atoms with Gasteiger partial charge in [-0.05, 0) is 6.92 Å². The molecule has 1 aromatic heterocycles. The minimum atomic E-state index is -0.840. The van der Waals surface area contributed by atoms with Crippen molar-refractivity contribution in [1.29, 1.82) is 0 Å². The lowest BCUT2D eigenvalue weighted by atomic mass is 10.4. The topological polar surface area (TPSA) is 89.9 Å². The normalized spacial score (nSPS) is 10.0. The number of aliphatic hydroxyl groups is 1. The first-order valence-electron chi connectivity index (χ1n) is 3.49. The van der Waals surface area contributed by atoms with Gasteiger partial charge >= 0.3 is 11.8 Å². The van der Waals surface area contributed by atoms with Crippen LogP contribution in [0.3, 0.4) is 0 Å². The number of carbonyl (C=O) groups excluding carboxylic acids is 1. The zero-order valence-electron chi connectivity index (χ0n) is 6.90. The van der Waals surface area contributed by atoms with Gasteiger partial charge in [0.15, 0.2) is 18.1 Å². The third-order valence-electron chi connectivity index (χ3n) is 1.33. The molecule has 1 rings (SSSR count). The molecule has 6 heteroatoms. The Labute approximate surface area is 72.7 Å². The van der Waals surface area contributed by atoms with E-state index in [1.807, 2.05) is 0 Å². The Morgan fingerprint density at radius 2 is 2.23 bits per heavy atom. The van der Waals surface area contributed by atoms with E-state index in [0.29, 0.717) is 0 Å². The fourth-order valence-electron chi connectivity index (χ4n) is 0.698. The summed E-state index contributed by atoms with van der Waals surface area (Å²) in [6.07, 6.45) is 0. The molecule has 0 saturated heterocycles. The van der Waals surface area contributed by atoms with Gasteiger partial charge in [-0.15, -0.1) is 0 Å². The highest BCUT2D eigenvalue weighted by atomic mass is 16.6. The van der Waals surface area contributed by atoms with Crippen molar-refractivity contribution in [3.63, 3.8) is 0 Å². The molecule has 6 nitrogen and oxygen atoms in total. The molecule has 0 aliphatic heterocycles. The van der Waals surface area contributed by atoms with Gasteiger partial charge in [-0.2, -0.15) is 0 Å². The van der Waals surface area contributed by atoms with E-state index >= 15 is 0 Å². The minimum absolute atomic E-state index is 0.145. The van der Waals surface area contributed by atoms with Crippen LogP contribution in [0, 0.1) is 6.92 Å². The summed E-state index contributed by atoms with van der Waals surface area (Å²) in [6, 6.07) is 0. The monoisotopic (exact) mass is 188 g/mol. The van der Waals surface area contributed by atoms with Crippen LogP contribution in [0.25, 0.3) is 0 Å². The Morgan fingerprint density at radius 1 is 1.54 bits per heavy atom. The lowest BCUT2D eigenvalue weighted by molar-refractivity contribution is -0.148. The van der Waals surface area contributed by atoms with Crippen LogP contribution in [0.5, 0.6) is 0 Å². The summed E-state index contributed by atoms with van der Waals surface area (Å²) in [4.78, 5) is 21.0. The molecular weight excluding hydrogens is 180 g/mol. The molecule has 0 spiro atoms. The number of aryl methyl sites for hydroxylation is 1. The van der Waals surface area contributed by atoms with Crippen LogP contribution in [-0.4, -0.2) is 17.7 Å². The summed E-state index contributed by atoms with van der Waals surface area (Å²) >= 11 is 0. The van der Waals surface area contributed by atoms with Gasteiger partial charge in [0.2, 0.25) is 0 Å². The van der Waals surface area contributed by atoms with Crippen molar-refractivity contribution < 1.29 is 23.5 Å². The maximum atomic E-state index is 10.5. The second-order valence-electron chi connectivity index (χ2n) is 2.25. The van der Waals surface area contributed by atoms with Crippen LogP contribution in [0.1, 0.15) is 11.5 Å². The summed E-state index contributed by atoms with van der Waals surface area (Å²) in [5.74, 6) is -1.22. The summed E-state index contributed by atoms with van der Waals surface area (Å²) in [6.45, 7) is 0.588. The zero-order valence-corrected chi connectivity index (χ0v) is 6.90. The number of hydrogen-bond donors (Lipinski definition) is 1. The Morgan fingerprint density at radius 3 is 2.69 bits per heavy atom. The molecular formula is C7H8O6. The molecule has 0 aliphatic rings. The molecule has 0 aromatic carbocycles. The van der Waals surface area contributed by atoms with Crippen molar-refractivity contribution in [2.45, 2.75) is 13.5 Å². The molecule has 1 heterocycles. The molecule has 0 saturated carbocycles. The van der Waals surface area contributed by atoms with Crippen LogP contribution >= 0.6 is 0 Å². The van der Waals surface area contributed by atoms with Crippen molar-refractivity contribution in [2.75, 3.05) is 6.61 Å². The van der Waals surface area contributed by atoms with E-state index in [1.165, 1.54) is 6.92 Å². The Hall–Kier alpha value is -1.56. The Balaban J connectivity index is 2.59. The SMILES string of the molecule is Cc1oc(=O)oc1COC(=O)CO. The molecule has 0 amide bonds. The second kappa shape index (κ2) is 3.90. The molecule has 0 bridgehead atoms. The van der Waals surface area contributed by atoms with E-state index < -0.39 is 18.4 Å². The highest BCUT2D eigenvalue weighted by Gasteiger charge is 2.10. The van der Waals surface area contributed by atoms with E-state index in [1.54, 1.807) is 0 Å². The first kappa shape index (κ1) is 9.53. The van der Waals surface area contributed by atoms with E-state index in [9.17, 15) is 9.59 Å². The predicted octanol–water partition coefficient (Wildman–Crippen LogP) is -0.423. The molecule has 0 radical (unpaired) electrons. The summed E-state index contributed by atoms with van der Waals surface area (Å²) < 4.78 is 13.5. The molecule has 13 heavy (non-hydrogen) atoms. The molecule has 72 valence electrons. The lowest BCUT2D eigenvalue weighted by Gasteiger charge is -1.98. The average molecular weight is 188 g/mol. The first-order valence-corrected chi connectivity index (χ1v) is 3.49. The fourth-order valence-corrected chi connectivity index (χ4v) is 0.698. The molecule has 0 atom stereocenters. The van der Waals surface area contributed by atoms with Crippen molar-refractivity contribution in [2.24, 2.45) is 0 Å². The van der Waals surface area contributed by atoms with Crippen LogP contribution in [0.15, 0.2) is 13.6 Å².